The molecule has 122 valence electrons. The summed E-state index contributed by atoms with van der Waals surface area (Å²) in [5, 5.41) is 3.27. The molecule has 6 nitrogen and oxygen atoms in total. The van der Waals surface area contributed by atoms with E-state index in [1.807, 2.05) is 6.92 Å². The second kappa shape index (κ2) is 6.62. The number of piperidine rings is 1. The Kier molecular flexibility index (Phi) is 5.27. The van der Waals surface area contributed by atoms with Crippen LogP contribution in [0.25, 0.3) is 0 Å². The van der Waals surface area contributed by atoms with Crippen molar-refractivity contribution in [1.82, 2.24) is 10.2 Å². The number of amides is 1. The van der Waals surface area contributed by atoms with Gasteiger partial charge < -0.3 is 15.0 Å². The summed E-state index contributed by atoms with van der Waals surface area (Å²) in [5.74, 6) is 0.367. The van der Waals surface area contributed by atoms with Crippen LogP contribution in [0.5, 0.6) is 0 Å². The zero-order valence-electron chi connectivity index (χ0n) is 12.9. The van der Waals surface area contributed by atoms with Crippen molar-refractivity contribution < 1.29 is 17.9 Å². The van der Waals surface area contributed by atoms with Gasteiger partial charge in [-0.2, -0.15) is 0 Å². The maximum Gasteiger partial charge on any atom is 0.228 e. The van der Waals surface area contributed by atoms with Crippen LogP contribution in [0.3, 0.4) is 0 Å². The highest BCUT2D eigenvalue weighted by molar-refractivity contribution is 7.91. The number of carbonyl (C=O) groups is 1. The Labute approximate surface area is 127 Å². The van der Waals surface area contributed by atoms with Crippen LogP contribution in [-0.4, -0.2) is 70.1 Å². The predicted molar refractivity (Wildman–Crippen MR) is 80.9 cm³/mol. The molecule has 1 amide bonds. The van der Waals surface area contributed by atoms with Crippen LogP contribution in [0.15, 0.2) is 0 Å². The Hall–Kier alpha value is -0.660. The van der Waals surface area contributed by atoms with Gasteiger partial charge in [-0.25, -0.2) is 8.42 Å². The summed E-state index contributed by atoms with van der Waals surface area (Å²) < 4.78 is 28.5. The van der Waals surface area contributed by atoms with Crippen molar-refractivity contribution in [3.05, 3.63) is 0 Å². The van der Waals surface area contributed by atoms with Crippen molar-refractivity contribution in [2.75, 3.05) is 44.9 Å². The van der Waals surface area contributed by atoms with Crippen LogP contribution < -0.4 is 5.32 Å². The number of hydrogen-bond acceptors (Lipinski definition) is 5. The van der Waals surface area contributed by atoms with Crippen molar-refractivity contribution in [3.63, 3.8) is 0 Å². The highest BCUT2D eigenvalue weighted by Crippen LogP contribution is 2.32. The van der Waals surface area contributed by atoms with Crippen molar-refractivity contribution in [2.45, 2.75) is 32.2 Å². The first-order chi connectivity index (χ1) is 9.88. The Balaban J connectivity index is 2.13. The maximum atomic E-state index is 13.0. The molecule has 2 aliphatic heterocycles. The van der Waals surface area contributed by atoms with Crippen molar-refractivity contribution in [3.8, 4) is 0 Å². The minimum absolute atomic E-state index is 0.0863. The molecule has 2 fully saturated rings. The van der Waals surface area contributed by atoms with Gasteiger partial charge in [0, 0.05) is 25.1 Å². The number of carbonyl (C=O) groups excluding carboxylic acids is 1. The zero-order valence-corrected chi connectivity index (χ0v) is 13.7. The fraction of sp³-hybridized carbons (Fsp3) is 0.929. The molecule has 0 aromatic rings. The number of ether oxygens (including phenoxy) is 1. The van der Waals surface area contributed by atoms with Crippen molar-refractivity contribution >= 4 is 15.7 Å². The molecule has 0 aromatic carbocycles. The smallest absolute Gasteiger partial charge is 0.228 e. The molecule has 0 aromatic heterocycles. The normalized spacial score (nSPS) is 27.4. The summed E-state index contributed by atoms with van der Waals surface area (Å²) in [7, 11) is -1.40. The van der Waals surface area contributed by atoms with Gasteiger partial charge in [0.1, 0.15) is 0 Å². The Bertz CT molecular complexity index is 471. The van der Waals surface area contributed by atoms with E-state index in [1.165, 1.54) is 0 Å². The topological polar surface area (TPSA) is 75.7 Å². The van der Waals surface area contributed by atoms with Crippen LogP contribution in [0.1, 0.15) is 26.2 Å². The lowest BCUT2D eigenvalue weighted by atomic mass is 9.79. The minimum atomic E-state index is -3.00. The second-order valence-corrected chi connectivity index (χ2v) is 8.59. The van der Waals surface area contributed by atoms with Crippen LogP contribution in [0.2, 0.25) is 0 Å². The number of sulfone groups is 1. The molecule has 1 atom stereocenters. The summed E-state index contributed by atoms with van der Waals surface area (Å²) in [4.78, 5) is 14.7. The molecule has 2 saturated heterocycles. The van der Waals surface area contributed by atoms with E-state index in [-0.39, 0.29) is 28.9 Å². The lowest BCUT2D eigenvalue weighted by molar-refractivity contribution is -0.145. The molecule has 7 heteroatoms. The van der Waals surface area contributed by atoms with E-state index in [0.29, 0.717) is 19.6 Å². The van der Waals surface area contributed by atoms with E-state index in [4.69, 9.17) is 4.74 Å². The van der Waals surface area contributed by atoms with Gasteiger partial charge >= 0.3 is 0 Å². The highest BCUT2D eigenvalue weighted by atomic mass is 32.2. The Morgan fingerprint density at radius 2 is 2.05 bits per heavy atom. The van der Waals surface area contributed by atoms with Gasteiger partial charge in [-0.15, -0.1) is 0 Å². The van der Waals surface area contributed by atoms with Gasteiger partial charge in [-0.3, -0.25) is 4.79 Å². The van der Waals surface area contributed by atoms with Crippen LogP contribution in [0.4, 0.5) is 0 Å². The molecular weight excluding hydrogens is 292 g/mol. The molecular formula is C14H26N2O4S. The summed E-state index contributed by atoms with van der Waals surface area (Å²) in [5.41, 5.74) is -0.384. The number of hydrogen-bond donors (Lipinski definition) is 1. The molecule has 0 bridgehead atoms. The molecule has 0 radical (unpaired) electrons. The minimum Gasteiger partial charge on any atom is -0.383 e. The quantitative estimate of drug-likeness (QED) is 0.774. The Morgan fingerprint density at radius 3 is 2.57 bits per heavy atom. The molecule has 2 rings (SSSR count). The van der Waals surface area contributed by atoms with E-state index in [0.717, 1.165) is 25.9 Å². The van der Waals surface area contributed by atoms with Crippen molar-refractivity contribution in [1.29, 1.82) is 0 Å². The van der Waals surface area contributed by atoms with Gasteiger partial charge in [-0.1, -0.05) is 6.92 Å². The van der Waals surface area contributed by atoms with E-state index in [9.17, 15) is 13.2 Å². The largest absolute Gasteiger partial charge is 0.383 e. The third-order valence-electron chi connectivity index (χ3n) is 4.67. The van der Waals surface area contributed by atoms with Gasteiger partial charge in [-0.05, 0) is 32.4 Å². The lowest BCUT2D eigenvalue weighted by Gasteiger charge is -2.39. The number of rotatable bonds is 5. The van der Waals surface area contributed by atoms with Gasteiger partial charge in [0.25, 0.3) is 0 Å². The van der Waals surface area contributed by atoms with Crippen LogP contribution in [0, 0.1) is 5.41 Å². The number of methoxy groups -OCH3 is 1. The molecule has 0 saturated carbocycles. The first-order valence-electron chi connectivity index (χ1n) is 7.59. The fourth-order valence-corrected chi connectivity index (χ4v) is 4.93. The van der Waals surface area contributed by atoms with Crippen LogP contribution >= 0.6 is 0 Å². The summed E-state index contributed by atoms with van der Waals surface area (Å²) >= 11 is 0. The standard InChI is InChI=1S/C14H26N2O4S/c1-14(4-6-15-7-5-14)13(17)16(8-9-20-2)12-3-10-21(18,19)11-12/h12,15H,3-11H2,1-2H3. The number of nitrogens with one attached hydrogen (secondary N) is 1. The lowest BCUT2D eigenvalue weighted by Crippen LogP contribution is -2.52. The third kappa shape index (κ3) is 3.96. The fourth-order valence-electron chi connectivity index (χ4n) is 3.20. The average molecular weight is 318 g/mol. The number of nitrogens with zero attached hydrogens (tertiary/aromatic N) is 1. The van der Waals surface area contributed by atoms with E-state index >= 15 is 0 Å². The maximum absolute atomic E-state index is 13.0. The first kappa shape index (κ1) is 16.7. The van der Waals surface area contributed by atoms with Crippen molar-refractivity contribution in [2.24, 2.45) is 5.41 Å². The SMILES string of the molecule is COCCN(C(=O)C1(C)CCNCC1)C1CCS(=O)(=O)C1. The predicted octanol–water partition coefficient (Wildman–Crippen LogP) is 0.0382. The third-order valence-corrected chi connectivity index (χ3v) is 6.42. The van der Waals surface area contributed by atoms with Gasteiger partial charge in [0.15, 0.2) is 9.84 Å². The molecule has 2 aliphatic rings. The molecule has 1 N–H and O–H groups in total. The van der Waals surface area contributed by atoms with E-state index in [2.05, 4.69) is 5.32 Å². The zero-order chi connectivity index (χ0) is 15.5. The van der Waals surface area contributed by atoms with E-state index in [1.54, 1.807) is 12.0 Å². The van der Waals surface area contributed by atoms with Crippen LogP contribution in [-0.2, 0) is 19.4 Å². The first-order valence-corrected chi connectivity index (χ1v) is 9.41. The van der Waals surface area contributed by atoms with Gasteiger partial charge in [0.2, 0.25) is 5.91 Å². The van der Waals surface area contributed by atoms with E-state index < -0.39 is 9.84 Å². The summed E-state index contributed by atoms with van der Waals surface area (Å²) in [6, 6.07) is -0.190. The molecule has 1 unspecified atom stereocenters. The summed E-state index contributed by atoms with van der Waals surface area (Å²) in [6.45, 7) is 4.58. The average Bonchev–Trinajstić information content (AvgIpc) is 2.80. The monoisotopic (exact) mass is 318 g/mol. The molecule has 0 spiro atoms. The van der Waals surface area contributed by atoms with Gasteiger partial charge in [0.05, 0.1) is 18.1 Å². The second-order valence-electron chi connectivity index (χ2n) is 6.36. The molecule has 2 heterocycles. The Morgan fingerprint density at radius 1 is 1.38 bits per heavy atom. The summed E-state index contributed by atoms with van der Waals surface area (Å²) in [6.07, 6.45) is 2.15. The highest BCUT2D eigenvalue weighted by Gasteiger charge is 2.42. The molecule has 0 aliphatic carbocycles. The molecule has 21 heavy (non-hydrogen) atoms.